The molecule has 1 amide bonds. The Bertz CT molecular complexity index is 1360. The number of carbonyl (C=O) groups is 2. The quantitative estimate of drug-likeness (QED) is 0.253. The Kier molecular flexibility index (Phi) is 8.94. The minimum absolute atomic E-state index is 0.0244. The van der Waals surface area contributed by atoms with Gasteiger partial charge in [0, 0.05) is 42.7 Å². The topological polar surface area (TPSA) is 141 Å². The molecular weight excluding hydrogens is 507 g/mol. The molecule has 0 radical (unpaired) electrons. The number of nitrogens with two attached hydrogens (primary N) is 1. The Morgan fingerprint density at radius 3 is 2.47 bits per heavy atom. The molecule has 2 aromatic heterocycles. The summed E-state index contributed by atoms with van der Waals surface area (Å²) in [5.74, 6) is -1.82. The van der Waals surface area contributed by atoms with Crippen LogP contribution in [0.5, 0.6) is 11.5 Å². The van der Waals surface area contributed by atoms with Gasteiger partial charge in [-0.05, 0) is 36.2 Å². The molecule has 0 bridgehead atoms. The smallest absolute Gasteiger partial charge is 0.405 e. The molecule has 10 nitrogen and oxygen atoms in total. The van der Waals surface area contributed by atoms with E-state index in [4.69, 9.17) is 20.3 Å². The van der Waals surface area contributed by atoms with Crippen molar-refractivity contribution in [1.29, 1.82) is 0 Å². The average molecular weight is 534 g/mol. The number of carboxylic acid groups (broad SMARTS) is 1. The molecule has 4 N–H and O–H groups in total. The molecular formula is C25H26F3N5O5. The number of aliphatic carboxylic acids is 1. The molecule has 38 heavy (non-hydrogen) atoms. The van der Waals surface area contributed by atoms with Gasteiger partial charge in [-0.3, -0.25) is 19.0 Å². The van der Waals surface area contributed by atoms with E-state index in [1.807, 2.05) is 5.32 Å². The van der Waals surface area contributed by atoms with E-state index in [1.165, 1.54) is 32.6 Å². The van der Waals surface area contributed by atoms with Crippen LogP contribution in [0.1, 0.15) is 28.8 Å². The molecule has 0 spiro atoms. The van der Waals surface area contributed by atoms with Gasteiger partial charge in [0.1, 0.15) is 29.3 Å². The summed E-state index contributed by atoms with van der Waals surface area (Å²) in [6.45, 7) is -1.16. The zero-order chi connectivity index (χ0) is 27.9. The van der Waals surface area contributed by atoms with Crippen LogP contribution < -0.4 is 20.5 Å². The van der Waals surface area contributed by atoms with Gasteiger partial charge in [0.15, 0.2) is 0 Å². The number of hydrogen-bond acceptors (Lipinski definition) is 7. The lowest BCUT2D eigenvalue weighted by Crippen LogP contribution is -2.34. The van der Waals surface area contributed by atoms with Crippen molar-refractivity contribution in [2.75, 3.05) is 27.3 Å². The fraction of sp³-hybridized carbons (Fsp3) is 0.280. The summed E-state index contributed by atoms with van der Waals surface area (Å²) in [5, 5.41) is 10.5. The number of hydrogen-bond donors (Lipinski definition) is 3. The normalized spacial score (nSPS) is 12.2. The highest BCUT2D eigenvalue weighted by atomic mass is 19.4. The number of benzene rings is 1. The highest BCUT2D eigenvalue weighted by Gasteiger charge is 2.30. The maximum Gasteiger partial charge on any atom is 0.405 e. The highest BCUT2D eigenvalue weighted by molar-refractivity contribution is 6.09. The number of methoxy groups -OCH3 is 2. The van der Waals surface area contributed by atoms with E-state index < -0.39 is 24.6 Å². The van der Waals surface area contributed by atoms with Crippen LogP contribution in [0.3, 0.4) is 0 Å². The molecule has 3 rings (SSSR count). The number of aromatic nitrogens is 2. The number of nitrogens with one attached hydrogen (secondary N) is 1. The Morgan fingerprint density at radius 1 is 1.21 bits per heavy atom. The van der Waals surface area contributed by atoms with Crippen molar-refractivity contribution in [3.63, 3.8) is 0 Å². The SMILES string of the molecule is COc1cc(-c2cnc3cc(C(C=NCCCC(=O)O)=CN)ccn23)cc(OC)c1C(=O)NCC(F)(F)F. The van der Waals surface area contributed by atoms with Gasteiger partial charge in [-0.2, -0.15) is 13.2 Å². The van der Waals surface area contributed by atoms with E-state index in [0.29, 0.717) is 35.4 Å². The van der Waals surface area contributed by atoms with Crippen LogP contribution >= 0.6 is 0 Å². The number of nitrogens with zero attached hydrogens (tertiary/aromatic N) is 3. The molecule has 0 aliphatic heterocycles. The highest BCUT2D eigenvalue weighted by Crippen LogP contribution is 2.35. The average Bonchev–Trinajstić information content (AvgIpc) is 3.31. The number of carboxylic acids is 1. The first-order chi connectivity index (χ1) is 18.1. The van der Waals surface area contributed by atoms with Crippen molar-refractivity contribution in [1.82, 2.24) is 14.7 Å². The summed E-state index contributed by atoms with van der Waals surface area (Å²) in [5.41, 5.74) is 8.64. The number of allylic oxidation sites excluding steroid dienone is 1. The summed E-state index contributed by atoms with van der Waals surface area (Å²) < 4.78 is 50.1. The minimum Gasteiger partial charge on any atom is -0.496 e. The van der Waals surface area contributed by atoms with E-state index >= 15 is 0 Å². The first-order valence-corrected chi connectivity index (χ1v) is 11.3. The summed E-state index contributed by atoms with van der Waals surface area (Å²) >= 11 is 0. The second kappa shape index (κ2) is 12.1. The van der Waals surface area contributed by atoms with Gasteiger partial charge in [-0.1, -0.05) is 0 Å². The van der Waals surface area contributed by atoms with Crippen LogP contribution in [0.4, 0.5) is 13.2 Å². The number of amides is 1. The number of imidazole rings is 1. The van der Waals surface area contributed by atoms with Gasteiger partial charge in [0.25, 0.3) is 5.91 Å². The van der Waals surface area contributed by atoms with Crippen LogP contribution in [0.15, 0.2) is 47.9 Å². The molecule has 3 aromatic rings. The summed E-state index contributed by atoms with van der Waals surface area (Å²) in [6.07, 6.45) is 2.14. The standard InChI is InChI=1S/C25H26F3N5O5/c1-37-19-8-16(9-20(38-2)23(19)24(36)32-14-25(26,27)28)18-13-31-21-10-15(5-7-33(18)21)17(11-29)12-30-6-3-4-22(34)35/h5,7-13H,3-4,6,14,29H2,1-2H3,(H,32,36)(H,34,35). The summed E-state index contributed by atoms with van der Waals surface area (Å²) in [7, 11) is 2.59. The zero-order valence-electron chi connectivity index (χ0n) is 20.6. The predicted molar refractivity (Wildman–Crippen MR) is 135 cm³/mol. The van der Waals surface area contributed by atoms with E-state index in [-0.39, 0.29) is 23.5 Å². The maximum absolute atomic E-state index is 12.6. The first kappa shape index (κ1) is 28.0. The molecule has 0 saturated carbocycles. The third-order valence-corrected chi connectivity index (χ3v) is 5.41. The number of halogens is 3. The Morgan fingerprint density at radius 2 is 1.89 bits per heavy atom. The molecule has 0 aliphatic carbocycles. The molecule has 13 heteroatoms. The van der Waals surface area contributed by atoms with E-state index in [0.717, 1.165) is 5.56 Å². The molecule has 0 unspecified atom stereocenters. The number of aliphatic imine (C=N–C) groups is 1. The number of carbonyl (C=O) groups excluding carboxylic acids is 1. The second-order valence-electron chi connectivity index (χ2n) is 8.00. The summed E-state index contributed by atoms with van der Waals surface area (Å²) in [4.78, 5) is 31.8. The number of ether oxygens (including phenoxy) is 2. The fourth-order valence-corrected chi connectivity index (χ4v) is 3.62. The van der Waals surface area contributed by atoms with Crippen molar-refractivity contribution in [2.45, 2.75) is 19.0 Å². The predicted octanol–water partition coefficient (Wildman–Crippen LogP) is 3.55. The van der Waals surface area contributed by atoms with Crippen molar-refractivity contribution >= 4 is 29.3 Å². The Labute approximate surface area is 215 Å². The number of pyridine rings is 1. The molecule has 2 heterocycles. The molecule has 0 aliphatic rings. The lowest BCUT2D eigenvalue weighted by Gasteiger charge is -2.16. The number of fused-ring (bicyclic) bond motifs is 1. The first-order valence-electron chi connectivity index (χ1n) is 11.3. The third-order valence-electron chi connectivity index (χ3n) is 5.41. The molecule has 0 fully saturated rings. The minimum atomic E-state index is -4.57. The van der Waals surface area contributed by atoms with Crippen molar-refractivity contribution in [3.8, 4) is 22.8 Å². The van der Waals surface area contributed by atoms with Crippen LogP contribution in [0.2, 0.25) is 0 Å². The lowest BCUT2D eigenvalue weighted by molar-refractivity contribution is -0.137. The van der Waals surface area contributed by atoms with Crippen molar-refractivity contribution in [2.24, 2.45) is 10.7 Å². The zero-order valence-corrected chi connectivity index (χ0v) is 20.6. The van der Waals surface area contributed by atoms with Gasteiger partial charge in [-0.25, -0.2) is 4.98 Å². The van der Waals surface area contributed by atoms with Gasteiger partial charge >= 0.3 is 12.1 Å². The van der Waals surface area contributed by atoms with Crippen LogP contribution in [0.25, 0.3) is 22.5 Å². The van der Waals surface area contributed by atoms with Crippen molar-refractivity contribution < 1.29 is 37.3 Å². The van der Waals surface area contributed by atoms with E-state index in [2.05, 4.69) is 9.98 Å². The van der Waals surface area contributed by atoms with E-state index in [1.54, 1.807) is 35.1 Å². The van der Waals surface area contributed by atoms with Crippen molar-refractivity contribution in [3.05, 3.63) is 54.0 Å². The van der Waals surface area contributed by atoms with Gasteiger partial charge in [0.2, 0.25) is 0 Å². The maximum atomic E-state index is 12.6. The van der Waals surface area contributed by atoms with Gasteiger partial charge in [-0.15, -0.1) is 0 Å². The second-order valence-corrected chi connectivity index (χ2v) is 8.00. The Hall–Kier alpha value is -4.55. The molecule has 202 valence electrons. The Balaban J connectivity index is 1.92. The monoisotopic (exact) mass is 533 g/mol. The molecule has 0 atom stereocenters. The molecule has 0 saturated heterocycles. The number of alkyl halides is 3. The van der Waals surface area contributed by atoms with Crippen LogP contribution in [-0.4, -0.2) is 66.1 Å². The van der Waals surface area contributed by atoms with Gasteiger partial charge < -0.3 is 25.6 Å². The summed E-state index contributed by atoms with van der Waals surface area (Å²) in [6, 6.07) is 6.58. The van der Waals surface area contributed by atoms with Crippen LogP contribution in [-0.2, 0) is 4.79 Å². The van der Waals surface area contributed by atoms with Crippen LogP contribution in [0, 0.1) is 0 Å². The van der Waals surface area contributed by atoms with E-state index in [9.17, 15) is 22.8 Å². The molecule has 1 aromatic carbocycles. The largest absolute Gasteiger partial charge is 0.496 e. The third kappa shape index (κ3) is 6.81. The lowest BCUT2D eigenvalue weighted by atomic mass is 10.1. The van der Waals surface area contributed by atoms with Gasteiger partial charge in [0.05, 0.1) is 26.1 Å². The fourth-order valence-electron chi connectivity index (χ4n) is 3.62. The number of rotatable bonds is 11.